The Labute approximate surface area is 131 Å². The third-order valence-electron chi connectivity index (χ3n) is 5.06. The lowest BCUT2D eigenvalue weighted by molar-refractivity contribution is -0.151. The van der Waals surface area contributed by atoms with Crippen molar-refractivity contribution in [1.82, 2.24) is 4.90 Å². The molecule has 1 aliphatic carbocycles. The number of aliphatic carboxylic acids is 1. The SMILES string of the molecule is CC1SCC(C(=O)O)N1C(=O)C1CCC(C(C)(C)C)CC1. The van der Waals surface area contributed by atoms with Crippen molar-refractivity contribution in [2.45, 2.75) is 64.8 Å². The number of rotatable bonds is 2. The molecule has 2 atom stereocenters. The normalized spacial score (nSPS) is 34.0. The van der Waals surface area contributed by atoms with Gasteiger partial charge >= 0.3 is 5.97 Å². The summed E-state index contributed by atoms with van der Waals surface area (Å²) in [7, 11) is 0. The summed E-state index contributed by atoms with van der Waals surface area (Å²) >= 11 is 1.56. The molecule has 1 N–H and O–H groups in total. The van der Waals surface area contributed by atoms with E-state index in [9.17, 15) is 14.7 Å². The molecular formula is C16H27NO3S. The van der Waals surface area contributed by atoms with Crippen LogP contribution in [0.2, 0.25) is 0 Å². The molecule has 2 unspecified atom stereocenters. The summed E-state index contributed by atoms with van der Waals surface area (Å²) in [6.07, 6.45) is 3.96. The molecule has 2 aliphatic rings. The molecule has 0 aromatic heterocycles. The Morgan fingerprint density at radius 1 is 1.14 bits per heavy atom. The largest absolute Gasteiger partial charge is 0.480 e. The van der Waals surface area contributed by atoms with Crippen LogP contribution in [0, 0.1) is 17.3 Å². The predicted molar refractivity (Wildman–Crippen MR) is 85.1 cm³/mol. The summed E-state index contributed by atoms with van der Waals surface area (Å²) < 4.78 is 0. The van der Waals surface area contributed by atoms with E-state index in [0.717, 1.165) is 25.7 Å². The average molecular weight is 313 g/mol. The Kier molecular flexibility index (Phi) is 4.91. The van der Waals surface area contributed by atoms with E-state index in [1.807, 2.05) is 6.92 Å². The second-order valence-corrected chi connectivity index (χ2v) is 8.80. The van der Waals surface area contributed by atoms with Crippen LogP contribution in [0.25, 0.3) is 0 Å². The van der Waals surface area contributed by atoms with Crippen LogP contribution < -0.4 is 0 Å². The maximum absolute atomic E-state index is 12.7. The van der Waals surface area contributed by atoms with E-state index in [0.29, 0.717) is 17.1 Å². The predicted octanol–water partition coefficient (Wildman–Crippen LogP) is 3.21. The molecule has 21 heavy (non-hydrogen) atoms. The van der Waals surface area contributed by atoms with E-state index in [-0.39, 0.29) is 17.2 Å². The van der Waals surface area contributed by atoms with Crippen LogP contribution in [0.3, 0.4) is 0 Å². The van der Waals surface area contributed by atoms with Gasteiger partial charge in [-0.2, -0.15) is 0 Å². The lowest BCUT2D eigenvalue weighted by atomic mass is 9.69. The molecule has 120 valence electrons. The third-order valence-corrected chi connectivity index (χ3v) is 6.28. The quantitative estimate of drug-likeness (QED) is 0.850. The fraction of sp³-hybridized carbons (Fsp3) is 0.875. The Balaban J connectivity index is 2.00. The average Bonchev–Trinajstić information content (AvgIpc) is 2.79. The van der Waals surface area contributed by atoms with Crippen molar-refractivity contribution < 1.29 is 14.7 Å². The fourth-order valence-corrected chi connectivity index (χ4v) is 4.76. The van der Waals surface area contributed by atoms with Crippen LogP contribution in [-0.4, -0.2) is 39.1 Å². The Morgan fingerprint density at radius 2 is 1.71 bits per heavy atom. The topological polar surface area (TPSA) is 57.6 Å². The van der Waals surface area contributed by atoms with Gasteiger partial charge in [-0.1, -0.05) is 20.8 Å². The van der Waals surface area contributed by atoms with Gasteiger partial charge < -0.3 is 10.0 Å². The van der Waals surface area contributed by atoms with Crippen molar-refractivity contribution in [3.05, 3.63) is 0 Å². The van der Waals surface area contributed by atoms with Crippen molar-refractivity contribution in [3.8, 4) is 0 Å². The summed E-state index contributed by atoms with van der Waals surface area (Å²) in [6, 6.07) is -0.641. The van der Waals surface area contributed by atoms with Crippen molar-refractivity contribution in [3.63, 3.8) is 0 Å². The summed E-state index contributed by atoms with van der Waals surface area (Å²) in [5.74, 6) is 0.393. The van der Waals surface area contributed by atoms with Gasteiger partial charge in [-0.05, 0) is 43.9 Å². The molecular weight excluding hydrogens is 286 g/mol. The number of carbonyl (C=O) groups excluding carboxylic acids is 1. The van der Waals surface area contributed by atoms with Gasteiger partial charge in [-0.3, -0.25) is 4.79 Å². The number of hydrogen-bond donors (Lipinski definition) is 1. The number of thioether (sulfide) groups is 1. The minimum absolute atomic E-state index is 0.0149. The fourth-order valence-electron chi connectivity index (χ4n) is 3.58. The van der Waals surface area contributed by atoms with Gasteiger partial charge in [0.15, 0.2) is 0 Å². The number of hydrogen-bond acceptors (Lipinski definition) is 3. The Hall–Kier alpha value is -0.710. The molecule has 1 saturated carbocycles. The number of carbonyl (C=O) groups is 2. The van der Waals surface area contributed by atoms with E-state index in [1.54, 1.807) is 16.7 Å². The van der Waals surface area contributed by atoms with E-state index >= 15 is 0 Å². The van der Waals surface area contributed by atoms with Crippen LogP contribution in [-0.2, 0) is 9.59 Å². The molecule has 0 radical (unpaired) electrons. The van der Waals surface area contributed by atoms with Crippen molar-refractivity contribution in [2.24, 2.45) is 17.3 Å². The van der Waals surface area contributed by atoms with Crippen molar-refractivity contribution >= 4 is 23.6 Å². The van der Waals surface area contributed by atoms with Gasteiger partial charge in [0.25, 0.3) is 0 Å². The number of carboxylic acid groups (broad SMARTS) is 1. The standard InChI is InChI=1S/C16H27NO3S/c1-10-17(13(9-21-10)15(19)20)14(18)11-5-7-12(8-6-11)16(2,3)4/h10-13H,5-9H2,1-4H3,(H,19,20). The number of carboxylic acids is 1. The van der Waals surface area contributed by atoms with Crippen LogP contribution in [0.1, 0.15) is 53.4 Å². The van der Waals surface area contributed by atoms with Gasteiger partial charge in [-0.25, -0.2) is 4.79 Å². The highest BCUT2D eigenvalue weighted by atomic mass is 32.2. The molecule has 0 bridgehead atoms. The summed E-state index contributed by atoms with van der Waals surface area (Å²) in [5, 5.41) is 9.28. The molecule has 1 aliphatic heterocycles. The first-order chi connectivity index (χ1) is 9.71. The first-order valence-electron chi connectivity index (χ1n) is 7.88. The maximum Gasteiger partial charge on any atom is 0.327 e. The second-order valence-electron chi connectivity index (χ2n) is 7.45. The molecule has 5 heteroatoms. The van der Waals surface area contributed by atoms with Gasteiger partial charge in [0.2, 0.25) is 5.91 Å². The smallest absolute Gasteiger partial charge is 0.327 e. The number of amides is 1. The minimum Gasteiger partial charge on any atom is -0.480 e. The van der Waals surface area contributed by atoms with Gasteiger partial charge in [0.1, 0.15) is 6.04 Å². The zero-order valence-electron chi connectivity index (χ0n) is 13.5. The molecule has 0 aromatic rings. The second kappa shape index (κ2) is 6.19. The highest BCUT2D eigenvalue weighted by Gasteiger charge is 2.43. The third kappa shape index (κ3) is 3.55. The summed E-state index contributed by atoms with van der Waals surface area (Å²) in [5.41, 5.74) is 0.300. The zero-order chi connectivity index (χ0) is 15.8. The molecule has 1 saturated heterocycles. The molecule has 0 spiro atoms. The van der Waals surface area contributed by atoms with Crippen LogP contribution in [0.4, 0.5) is 0 Å². The van der Waals surface area contributed by atoms with E-state index in [2.05, 4.69) is 20.8 Å². The Bertz CT molecular complexity index is 410. The summed E-state index contributed by atoms with van der Waals surface area (Å²) in [6.45, 7) is 8.73. The van der Waals surface area contributed by atoms with Gasteiger partial charge in [-0.15, -0.1) is 11.8 Å². The highest BCUT2D eigenvalue weighted by molar-refractivity contribution is 8.00. The molecule has 2 rings (SSSR count). The maximum atomic E-state index is 12.7. The lowest BCUT2D eigenvalue weighted by Gasteiger charge is -2.38. The van der Waals surface area contributed by atoms with Crippen LogP contribution >= 0.6 is 11.8 Å². The Morgan fingerprint density at radius 3 is 2.19 bits per heavy atom. The first-order valence-corrected chi connectivity index (χ1v) is 8.93. The zero-order valence-corrected chi connectivity index (χ0v) is 14.3. The van der Waals surface area contributed by atoms with E-state index in [1.165, 1.54) is 0 Å². The van der Waals surface area contributed by atoms with Crippen molar-refractivity contribution in [2.75, 3.05) is 5.75 Å². The van der Waals surface area contributed by atoms with E-state index in [4.69, 9.17) is 0 Å². The molecule has 4 nitrogen and oxygen atoms in total. The van der Waals surface area contributed by atoms with Crippen LogP contribution in [0.5, 0.6) is 0 Å². The van der Waals surface area contributed by atoms with E-state index < -0.39 is 12.0 Å². The first kappa shape index (κ1) is 16.7. The van der Waals surface area contributed by atoms with Crippen molar-refractivity contribution in [1.29, 1.82) is 0 Å². The van der Waals surface area contributed by atoms with Gasteiger partial charge in [0, 0.05) is 11.7 Å². The highest BCUT2D eigenvalue weighted by Crippen LogP contribution is 2.41. The molecule has 0 aromatic carbocycles. The summed E-state index contributed by atoms with van der Waals surface area (Å²) in [4.78, 5) is 25.7. The number of nitrogens with zero attached hydrogens (tertiary/aromatic N) is 1. The monoisotopic (exact) mass is 313 g/mol. The van der Waals surface area contributed by atoms with Crippen LogP contribution in [0.15, 0.2) is 0 Å². The molecule has 1 heterocycles. The molecule has 1 amide bonds. The minimum atomic E-state index is -0.872. The van der Waals surface area contributed by atoms with Gasteiger partial charge in [0.05, 0.1) is 5.37 Å². The molecule has 2 fully saturated rings. The lowest BCUT2D eigenvalue weighted by Crippen LogP contribution is -2.48.